The summed E-state index contributed by atoms with van der Waals surface area (Å²) >= 11 is 3.64. The normalized spacial score (nSPS) is 11.3. The summed E-state index contributed by atoms with van der Waals surface area (Å²) in [4.78, 5) is 1.35. The van der Waals surface area contributed by atoms with Crippen LogP contribution in [0, 0.1) is 0 Å². The standard InChI is InChI=1S/C16H10S2/c1-2-5-12-11(4-1)10-14(15-6-3-8-17-15)16-13(12)7-9-18-16/h1-10H. The van der Waals surface area contributed by atoms with Gasteiger partial charge in [0.05, 0.1) is 0 Å². The largest absolute Gasteiger partial charge is 0.144 e. The van der Waals surface area contributed by atoms with E-state index in [-0.39, 0.29) is 0 Å². The lowest BCUT2D eigenvalue weighted by Gasteiger charge is -2.05. The van der Waals surface area contributed by atoms with Gasteiger partial charge in [0, 0.05) is 20.5 Å². The predicted octanol–water partition coefficient (Wildman–Crippen LogP) is 5.78. The van der Waals surface area contributed by atoms with E-state index in [1.165, 1.54) is 31.3 Å². The zero-order chi connectivity index (χ0) is 11.9. The molecular formula is C16H10S2. The summed E-state index contributed by atoms with van der Waals surface area (Å²) in [7, 11) is 0. The van der Waals surface area contributed by atoms with Crippen LogP contribution in [0.5, 0.6) is 0 Å². The highest BCUT2D eigenvalue weighted by molar-refractivity contribution is 7.19. The lowest BCUT2D eigenvalue weighted by molar-refractivity contribution is 1.80. The molecule has 4 rings (SSSR count). The van der Waals surface area contributed by atoms with Crippen LogP contribution >= 0.6 is 22.7 Å². The molecule has 0 spiro atoms. The number of fused-ring (bicyclic) bond motifs is 3. The first-order chi connectivity index (χ1) is 8.93. The number of hydrogen-bond acceptors (Lipinski definition) is 2. The van der Waals surface area contributed by atoms with Gasteiger partial charge in [0.25, 0.3) is 0 Å². The highest BCUT2D eigenvalue weighted by atomic mass is 32.1. The maximum absolute atomic E-state index is 2.32. The van der Waals surface area contributed by atoms with Crippen molar-refractivity contribution in [1.29, 1.82) is 0 Å². The third-order valence-corrected chi connectivity index (χ3v) is 5.10. The Morgan fingerprint density at radius 3 is 2.56 bits per heavy atom. The molecule has 0 aliphatic heterocycles. The number of benzene rings is 2. The van der Waals surface area contributed by atoms with Crippen LogP contribution in [0.25, 0.3) is 31.3 Å². The highest BCUT2D eigenvalue weighted by Crippen LogP contribution is 2.39. The third kappa shape index (κ3) is 1.43. The van der Waals surface area contributed by atoms with Crippen LogP contribution in [0.2, 0.25) is 0 Å². The minimum atomic E-state index is 1.33. The quantitative estimate of drug-likeness (QED) is 0.409. The van der Waals surface area contributed by atoms with Crippen molar-refractivity contribution < 1.29 is 0 Å². The van der Waals surface area contributed by atoms with Crippen LogP contribution in [-0.4, -0.2) is 0 Å². The van der Waals surface area contributed by atoms with Gasteiger partial charge < -0.3 is 0 Å². The highest BCUT2D eigenvalue weighted by Gasteiger charge is 2.09. The monoisotopic (exact) mass is 266 g/mol. The number of hydrogen-bond donors (Lipinski definition) is 0. The van der Waals surface area contributed by atoms with Crippen LogP contribution in [0.1, 0.15) is 0 Å². The minimum Gasteiger partial charge on any atom is -0.144 e. The molecular weight excluding hydrogens is 256 g/mol. The van der Waals surface area contributed by atoms with Gasteiger partial charge in [-0.15, -0.1) is 22.7 Å². The summed E-state index contributed by atoms with van der Waals surface area (Å²) in [5.41, 5.74) is 1.37. The van der Waals surface area contributed by atoms with E-state index in [0.29, 0.717) is 0 Å². The molecule has 0 fully saturated rings. The molecule has 18 heavy (non-hydrogen) atoms. The smallest absolute Gasteiger partial charge is 0.0435 e. The Bertz CT molecular complexity index is 823. The second-order valence-corrected chi connectivity index (χ2v) is 6.15. The number of thiophene rings is 2. The van der Waals surface area contributed by atoms with E-state index >= 15 is 0 Å². The van der Waals surface area contributed by atoms with Gasteiger partial charge in [-0.25, -0.2) is 0 Å². The summed E-state index contributed by atoms with van der Waals surface area (Å²) in [6.45, 7) is 0. The molecule has 2 aromatic carbocycles. The molecule has 2 heterocycles. The molecule has 2 heteroatoms. The van der Waals surface area contributed by atoms with Gasteiger partial charge in [0.1, 0.15) is 0 Å². The Morgan fingerprint density at radius 2 is 1.67 bits per heavy atom. The van der Waals surface area contributed by atoms with E-state index in [1.54, 1.807) is 0 Å². The fourth-order valence-corrected chi connectivity index (χ4v) is 4.19. The van der Waals surface area contributed by atoms with E-state index in [0.717, 1.165) is 0 Å². The zero-order valence-corrected chi connectivity index (χ0v) is 11.2. The van der Waals surface area contributed by atoms with Gasteiger partial charge in [-0.1, -0.05) is 30.3 Å². The van der Waals surface area contributed by atoms with Crippen LogP contribution in [0.15, 0.2) is 59.3 Å². The first-order valence-corrected chi connectivity index (χ1v) is 7.62. The topological polar surface area (TPSA) is 0 Å². The van der Waals surface area contributed by atoms with Gasteiger partial charge in [-0.05, 0) is 39.7 Å². The van der Waals surface area contributed by atoms with Crippen LogP contribution in [0.3, 0.4) is 0 Å². The second-order valence-electron chi connectivity index (χ2n) is 4.29. The van der Waals surface area contributed by atoms with Crippen molar-refractivity contribution in [2.24, 2.45) is 0 Å². The van der Waals surface area contributed by atoms with Gasteiger partial charge in [0.2, 0.25) is 0 Å². The van der Waals surface area contributed by atoms with Gasteiger partial charge in [-0.2, -0.15) is 0 Å². The molecule has 0 N–H and O–H groups in total. The maximum atomic E-state index is 2.32. The third-order valence-electron chi connectivity index (χ3n) is 3.25. The fourth-order valence-electron chi connectivity index (χ4n) is 2.43. The van der Waals surface area contributed by atoms with Crippen molar-refractivity contribution in [2.45, 2.75) is 0 Å². The van der Waals surface area contributed by atoms with E-state index in [2.05, 4.69) is 59.3 Å². The molecule has 0 nitrogen and oxygen atoms in total. The van der Waals surface area contributed by atoms with Crippen molar-refractivity contribution >= 4 is 43.5 Å². The van der Waals surface area contributed by atoms with E-state index in [4.69, 9.17) is 0 Å². The van der Waals surface area contributed by atoms with Crippen LogP contribution < -0.4 is 0 Å². The first kappa shape index (κ1) is 10.3. The SMILES string of the molecule is c1csc(-c2cc3ccccc3c3ccsc23)c1. The molecule has 0 unspecified atom stereocenters. The zero-order valence-electron chi connectivity index (χ0n) is 9.59. The fraction of sp³-hybridized carbons (Fsp3) is 0. The van der Waals surface area contributed by atoms with Gasteiger partial charge in [-0.3, -0.25) is 0 Å². The lowest BCUT2D eigenvalue weighted by atomic mass is 10.0. The molecule has 0 aliphatic carbocycles. The average Bonchev–Trinajstić information content (AvgIpc) is 3.09. The summed E-state index contributed by atoms with van der Waals surface area (Å²) in [6, 6.07) is 17.5. The molecule has 86 valence electrons. The first-order valence-electron chi connectivity index (χ1n) is 5.86. The summed E-state index contributed by atoms with van der Waals surface area (Å²) < 4.78 is 1.40. The van der Waals surface area contributed by atoms with Crippen molar-refractivity contribution in [3.63, 3.8) is 0 Å². The Kier molecular flexibility index (Phi) is 2.25. The van der Waals surface area contributed by atoms with Crippen LogP contribution in [-0.2, 0) is 0 Å². The molecule has 0 radical (unpaired) electrons. The Morgan fingerprint density at radius 1 is 0.722 bits per heavy atom. The summed E-state index contributed by atoms with van der Waals surface area (Å²) in [5.74, 6) is 0. The lowest BCUT2D eigenvalue weighted by Crippen LogP contribution is -1.77. The van der Waals surface area contributed by atoms with Crippen molar-refractivity contribution in [3.8, 4) is 10.4 Å². The van der Waals surface area contributed by atoms with Gasteiger partial charge >= 0.3 is 0 Å². The molecule has 0 atom stereocenters. The van der Waals surface area contributed by atoms with E-state index in [1.807, 2.05) is 22.7 Å². The van der Waals surface area contributed by atoms with Crippen molar-refractivity contribution in [3.05, 3.63) is 59.3 Å². The Hall–Kier alpha value is -1.64. The van der Waals surface area contributed by atoms with Crippen LogP contribution in [0.4, 0.5) is 0 Å². The summed E-state index contributed by atoms with van der Waals surface area (Å²) in [6.07, 6.45) is 0. The number of rotatable bonds is 1. The van der Waals surface area contributed by atoms with E-state index < -0.39 is 0 Å². The van der Waals surface area contributed by atoms with Gasteiger partial charge in [0.15, 0.2) is 0 Å². The van der Waals surface area contributed by atoms with E-state index in [9.17, 15) is 0 Å². The molecule has 2 aromatic heterocycles. The Labute approximate surface area is 113 Å². The minimum absolute atomic E-state index is 1.33. The molecule has 0 bridgehead atoms. The van der Waals surface area contributed by atoms with Crippen molar-refractivity contribution in [1.82, 2.24) is 0 Å². The van der Waals surface area contributed by atoms with Crippen molar-refractivity contribution in [2.75, 3.05) is 0 Å². The molecule has 0 amide bonds. The Balaban J connectivity index is 2.21. The molecule has 4 aromatic rings. The summed E-state index contributed by atoms with van der Waals surface area (Å²) in [5, 5.41) is 8.39. The molecule has 0 aliphatic rings. The average molecular weight is 266 g/mol. The maximum Gasteiger partial charge on any atom is 0.0435 e. The second kappa shape index (κ2) is 3.94. The molecule has 0 saturated carbocycles. The molecule has 0 saturated heterocycles. The predicted molar refractivity (Wildman–Crippen MR) is 82.6 cm³/mol.